The molecule has 310 valence electrons. The molecule has 4 fully saturated rings. The SMILES string of the molecule is Cc1cc(-c2ccc3nc(N4CCC(CN5CCN(C(=O)OC(C)(C)C)CC5)CC4)nc(C(COC4CCCCO4)(OC4CC4)c4ccccc4)c3c2)cn(C)c1=O. The van der Waals surface area contributed by atoms with Crippen LogP contribution in [0, 0.1) is 12.8 Å². The van der Waals surface area contributed by atoms with Gasteiger partial charge in [0, 0.05) is 76.6 Å². The predicted molar refractivity (Wildman–Crippen MR) is 225 cm³/mol. The van der Waals surface area contributed by atoms with Crippen LogP contribution in [0.1, 0.15) is 82.5 Å². The van der Waals surface area contributed by atoms with Crippen molar-refractivity contribution in [3.63, 3.8) is 0 Å². The van der Waals surface area contributed by atoms with Crippen LogP contribution in [0.15, 0.2) is 65.6 Å². The number of piperazine rings is 1. The van der Waals surface area contributed by atoms with E-state index in [0.29, 0.717) is 37.1 Å². The van der Waals surface area contributed by atoms with E-state index in [9.17, 15) is 9.59 Å². The molecular weight excluding hydrogens is 733 g/mol. The summed E-state index contributed by atoms with van der Waals surface area (Å²) in [5, 5.41) is 0.894. The van der Waals surface area contributed by atoms with Gasteiger partial charge in [0.15, 0.2) is 11.9 Å². The maximum atomic E-state index is 12.7. The molecule has 58 heavy (non-hydrogen) atoms. The molecule has 5 heterocycles. The number of amides is 1. The highest BCUT2D eigenvalue weighted by Gasteiger charge is 2.45. The van der Waals surface area contributed by atoms with Gasteiger partial charge in [0.25, 0.3) is 5.56 Å². The van der Waals surface area contributed by atoms with Gasteiger partial charge in [0.2, 0.25) is 5.95 Å². The molecule has 12 heteroatoms. The number of aromatic nitrogens is 3. The van der Waals surface area contributed by atoms with Crippen LogP contribution in [0.3, 0.4) is 0 Å². The average molecular weight is 793 g/mol. The first kappa shape index (κ1) is 40.4. The molecule has 1 aliphatic carbocycles. The van der Waals surface area contributed by atoms with Crippen molar-refractivity contribution in [1.82, 2.24) is 24.3 Å². The third kappa shape index (κ3) is 9.25. The van der Waals surface area contributed by atoms with E-state index >= 15 is 0 Å². The summed E-state index contributed by atoms with van der Waals surface area (Å²) >= 11 is 0. The maximum absolute atomic E-state index is 12.7. The molecule has 0 radical (unpaired) electrons. The minimum Gasteiger partial charge on any atom is -0.444 e. The number of rotatable bonds is 11. The van der Waals surface area contributed by atoms with Crippen molar-refractivity contribution in [3.8, 4) is 11.1 Å². The Balaban J connectivity index is 1.11. The fraction of sp³-hybridized carbons (Fsp3) is 0.565. The molecule has 2 aromatic heterocycles. The van der Waals surface area contributed by atoms with E-state index in [4.69, 9.17) is 28.9 Å². The number of fused-ring (bicyclic) bond motifs is 1. The van der Waals surface area contributed by atoms with Crippen molar-refractivity contribution >= 4 is 22.9 Å². The molecule has 0 spiro atoms. The van der Waals surface area contributed by atoms with Crippen LogP contribution in [0.5, 0.6) is 0 Å². The van der Waals surface area contributed by atoms with Gasteiger partial charge in [0.05, 0.1) is 23.9 Å². The van der Waals surface area contributed by atoms with E-state index in [1.54, 1.807) is 11.6 Å². The number of piperidine rings is 1. The summed E-state index contributed by atoms with van der Waals surface area (Å²) < 4.78 is 27.3. The Hall–Kier alpha value is -4.36. The first-order valence-corrected chi connectivity index (χ1v) is 21.4. The second-order valence-corrected chi connectivity index (χ2v) is 17.7. The van der Waals surface area contributed by atoms with Gasteiger partial charge in [0.1, 0.15) is 5.60 Å². The number of pyridine rings is 1. The Kier molecular flexibility index (Phi) is 11.9. The Morgan fingerprint density at radius 3 is 2.31 bits per heavy atom. The molecule has 1 saturated carbocycles. The molecule has 2 unspecified atom stereocenters. The Morgan fingerprint density at radius 2 is 1.64 bits per heavy atom. The van der Waals surface area contributed by atoms with Crippen molar-refractivity contribution in [3.05, 3.63) is 88.0 Å². The Morgan fingerprint density at radius 1 is 0.879 bits per heavy atom. The molecular formula is C46H60N6O6. The van der Waals surface area contributed by atoms with Gasteiger partial charge in [-0.1, -0.05) is 36.4 Å². The minimum atomic E-state index is -1.03. The van der Waals surface area contributed by atoms with Crippen molar-refractivity contribution in [2.45, 2.75) is 96.2 Å². The summed E-state index contributed by atoms with van der Waals surface area (Å²) in [6, 6.07) is 18.7. The normalized spacial score (nSPS) is 20.9. The van der Waals surface area contributed by atoms with Gasteiger partial charge in [-0.3, -0.25) is 9.69 Å². The third-order valence-electron chi connectivity index (χ3n) is 11.9. The lowest BCUT2D eigenvalue weighted by molar-refractivity contribution is -0.197. The van der Waals surface area contributed by atoms with Gasteiger partial charge >= 0.3 is 6.09 Å². The second kappa shape index (κ2) is 17.1. The lowest BCUT2D eigenvalue weighted by atomic mass is 9.87. The van der Waals surface area contributed by atoms with Crippen molar-refractivity contribution < 1.29 is 23.7 Å². The van der Waals surface area contributed by atoms with Gasteiger partial charge < -0.3 is 33.3 Å². The summed E-state index contributed by atoms with van der Waals surface area (Å²) in [4.78, 5) is 42.8. The van der Waals surface area contributed by atoms with Crippen LogP contribution in [-0.4, -0.2) is 107 Å². The van der Waals surface area contributed by atoms with E-state index in [2.05, 4.69) is 52.3 Å². The zero-order valence-corrected chi connectivity index (χ0v) is 35.0. The number of carbonyl (C=O) groups is 1. The molecule has 0 bridgehead atoms. The summed E-state index contributed by atoms with van der Waals surface area (Å²) in [5.74, 6) is 1.24. The van der Waals surface area contributed by atoms with Gasteiger partial charge in [-0.2, -0.15) is 0 Å². The second-order valence-electron chi connectivity index (χ2n) is 17.7. The Labute approximate surface area is 342 Å². The van der Waals surface area contributed by atoms with E-state index in [1.165, 1.54) is 0 Å². The van der Waals surface area contributed by atoms with Crippen LogP contribution in [0.4, 0.5) is 10.7 Å². The smallest absolute Gasteiger partial charge is 0.410 e. The average Bonchev–Trinajstić information content (AvgIpc) is 4.05. The van der Waals surface area contributed by atoms with E-state index in [1.807, 2.05) is 50.9 Å². The zero-order valence-electron chi connectivity index (χ0n) is 35.0. The van der Waals surface area contributed by atoms with Gasteiger partial charge in [-0.25, -0.2) is 14.8 Å². The predicted octanol–water partition coefficient (Wildman–Crippen LogP) is 7.04. The fourth-order valence-corrected chi connectivity index (χ4v) is 8.58. The van der Waals surface area contributed by atoms with Crippen molar-refractivity contribution in [1.29, 1.82) is 0 Å². The summed E-state index contributed by atoms with van der Waals surface area (Å²) in [5.41, 5.74) is 3.69. The largest absolute Gasteiger partial charge is 0.444 e. The van der Waals surface area contributed by atoms with E-state index < -0.39 is 11.2 Å². The standard InChI is InChI=1S/C46H60N6O6/c1-32-27-35(30-49(5)42(32)53)34-14-17-39-38(28-34)41(46(57-37-15-16-37,36-11-7-6-8-12-36)31-56-40-13-9-10-26-55-40)48-43(47-39)51-20-18-33(19-21-51)29-50-22-24-52(25-23-50)44(54)58-45(2,3)4/h6-8,11-12,14,17,27-28,30,33,37,40H,9-10,13,15-16,18-26,29,31H2,1-5H3. The highest BCUT2D eigenvalue weighted by atomic mass is 16.7. The highest BCUT2D eigenvalue weighted by Crippen LogP contribution is 2.44. The van der Waals surface area contributed by atoms with E-state index in [-0.39, 0.29) is 30.7 Å². The third-order valence-corrected chi connectivity index (χ3v) is 11.9. The lowest BCUT2D eigenvalue weighted by Gasteiger charge is -2.39. The van der Waals surface area contributed by atoms with Crippen LogP contribution in [0.25, 0.3) is 22.0 Å². The van der Waals surface area contributed by atoms with Gasteiger partial charge in [-0.15, -0.1) is 0 Å². The maximum Gasteiger partial charge on any atom is 0.410 e. The molecule has 4 aliphatic rings. The molecule has 12 nitrogen and oxygen atoms in total. The van der Waals surface area contributed by atoms with Gasteiger partial charge in [-0.05, 0) is 113 Å². The number of hydrogen-bond acceptors (Lipinski definition) is 10. The number of hydrogen-bond donors (Lipinski definition) is 0. The number of benzene rings is 2. The van der Waals surface area contributed by atoms with Crippen LogP contribution < -0.4 is 10.5 Å². The molecule has 8 rings (SSSR count). The van der Waals surface area contributed by atoms with Crippen molar-refractivity contribution in [2.75, 3.05) is 63.9 Å². The van der Waals surface area contributed by atoms with Crippen LogP contribution >= 0.6 is 0 Å². The minimum absolute atomic E-state index is 0.00856. The molecule has 1 amide bonds. The zero-order chi connectivity index (χ0) is 40.4. The van der Waals surface area contributed by atoms with E-state index in [0.717, 1.165) is 111 Å². The number of nitrogens with zero attached hydrogens (tertiary/aromatic N) is 6. The number of ether oxygens (including phenoxy) is 4. The summed E-state index contributed by atoms with van der Waals surface area (Å²) in [6.07, 6.45) is 8.41. The molecule has 2 aromatic carbocycles. The summed E-state index contributed by atoms with van der Waals surface area (Å²) in [7, 11) is 1.80. The van der Waals surface area contributed by atoms with Crippen molar-refractivity contribution in [2.24, 2.45) is 13.0 Å². The number of anilines is 1. The number of aryl methyl sites for hydroxylation is 2. The quantitative estimate of drug-likeness (QED) is 0.157. The summed E-state index contributed by atoms with van der Waals surface area (Å²) in [6.45, 7) is 14.3. The molecule has 2 atom stereocenters. The topological polar surface area (TPSA) is 111 Å². The molecule has 4 aromatic rings. The van der Waals surface area contributed by atoms with Crippen LogP contribution in [0.2, 0.25) is 0 Å². The molecule has 3 aliphatic heterocycles. The highest BCUT2D eigenvalue weighted by molar-refractivity contribution is 5.88. The first-order chi connectivity index (χ1) is 27.9. The Bertz CT molecular complexity index is 2080. The first-order valence-electron chi connectivity index (χ1n) is 21.4. The molecule has 0 N–H and O–H groups in total. The number of carbonyl (C=O) groups excluding carboxylic acids is 1. The van der Waals surface area contributed by atoms with Crippen LogP contribution in [-0.2, 0) is 31.6 Å². The molecule has 3 saturated heterocycles. The lowest BCUT2D eigenvalue weighted by Crippen LogP contribution is -2.51. The monoisotopic (exact) mass is 792 g/mol. The fourth-order valence-electron chi connectivity index (χ4n) is 8.58.